The normalized spacial score (nSPS) is 11.6. The van der Waals surface area contributed by atoms with Gasteiger partial charge in [0.05, 0.1) is 76.8 Å². The molecule has 6 aromatic rings. The largest absolute Gasteiger partial charge is 0.497 e. The number of nitro groups is 1. The van der Waals surface area contributed by atoms with Crippen molar-refractivity contribution < 1.29 is 31.2 Å². The molecule has 0 saturated carbocycles. The standard InChI is InChI=1S/C17H17ClN4O5S.C17H19ClN4O3S/c1-20-16-14(22(23)24)9-8-13(18)15(16)17(19-20)21(28(3,25)26)10-11-4-6-12(27-2)7-5-11;1-21-16-14(19)9-8-13(18)15(16)17(20-21)22(26(3,23)24)10-11-4-6-12(25-2)7-5-11/h4-9H,10H2,1-3H3;4-9H,10,19H2,1-3H3. The number of hydrogen-bond acceptors (Lipinski definition) is 11. The molecule has 2 aromatic heterocycles. The van der Waals surface area contributed by atoms with Crippen LogP contribution in [0.15, 0.2) is 72.8 Å². The van der Waals surface area contributed by atoms with E-state index in [0.29, 0.717) is 38.7 Å². The van der Waals surface area contributed by atoms with Gasteiger partial charge in [-0.2, -0.15) is 10.2 Å². The van der Waals surface area contributed by atoms with Gasteiger partial charge in [0.15, 0.2) is 11.6 Å². The number of anilines is 3. The van der Waals surface area contributed by atoms with Gasteiger partial charge in [0.2, 0.25) is 20.0 Å². The highest BCUT2D eigenvalue weighted by atomic mass is 35.5. The topological polar surface area (TPSA) is 198 Å². The Bertz CT molecular complexity index is 2580. The number of halogens is 2. The van der Waals surface area contributed by atoms with E-state index in [2.05, 4.69) is 10.2 Å². The van der Waals surface area contributed by atoms with Crippen molar-refractivity contribution in [3.63, 3.8) is 0 Å². The van der Waals surface area contributed by atoms with Gasteiger partial charge in [-0.15, -0.1) is 0 Å². The van der Waals surface area contributed by atoms with E-state index in [-0.39, 0.29) is 46.3 Å². The van der Waals surface area contributed by atoms with Crippen LogP contribution in [0.5, 0.6) is 11.5 Å². The summed E-state index contributed by atoms with van der Waals surface area (Å²) in [4.78, 5) is 10.8. The summed E-state index contributed by atoms with van der Waals surface area (Å²) >= 11 is 12.6. The van der Waals surface area contributed by atoms with E-state index in [1.807, 2.05) is 0 Å². The highest BCUT2D eigenvalue weighted by molar-refractivity contribution is 7.92. The Morgan fingerprint density at radius 3 is 1.48 bits per heavy atom. The number of nitrogen functional groups attached to an aromatic ring is 1. The Morgan fingerprint density at radius 1 is 0.704 bits per heavy atom. The van der Waals surface area contributed by atoms with Crippen LogP contribution < -0.4 is 23.8 Å². The van der Waals surface area contributed by atoms with E-state index >= 15 is 0 Å². The molecule has 0 fully saturated rings. The molecule has 0 unspecified atom stereocenters. The van der Waals surface area contributed by atoms with Crippen LogP contribution in [0.2, 0.25) is 10.0 Å². The van der Waals surface area contributed by atoms with Gasteiger partial charge in [0.1, 0.15) is 17.0 Å². The zero-order valence-electron chi connectivity index (χ0n) is 29.9. The molecule has 6 rings (SSSR count). The quantitative estimate of drug-likeness (QED) is 0.0929. The summed E-state index contributed by atoms with van der Waals surface area (Å²) < 4.78 is 65.4. The lowest BCUT2D eigenvalue weighted by Crippen LogP contribution is -2.30. The first-order chi connectivity index (χ1) is 25.3. The first-order valence-corrected chi connectivity index (χ1v) is 20.2. The fourth-order valence-electron chi connectivity index (χ4n) is 5.71. The molecule has 54 heavy (non-hydrogen) atoms. The number of aromatic nitrogens is 4. The molecule has 0 spiro atoms. The summed E-state index contributed by atoms with van der Waals surface area (Å²) in [5, 5.41) is 21.3. The average molecular weight is 820 g/mol. The fourth-order valence-corrected chi connectivity index (χ4v) is 7.84. The molecule has 0 aliphatic heterocycles. The van der Waals surface area contributed by atoms with Crippen LogP contribution in [-0.4, -0.2) is 68.1 Å². The SMILES string of the molecule is COc1ccc(CN(c2nn(C)c3c(N)ccc(Cl)c23)S(C)(=O)=O)cc1.COc1ccc(CN(c2nn(C)c3c([N+](=O)[O-])ccc(Cl)c23)S(C)(=O)=O)cc1. The molecule has 20 heteroatoms. The summed E-state index contributed by atoms with van der Waals surface area (Å²) in [5.74, 6) is 1.61. The zero-order chi connectivity index (χ0) is 39.7. The van der Waals surface area contributed by atoms with Crippen molar-refractivity contribution in [1.82, 2.24) is 19.6 Å². The van der Waals surface area contributed by atoms with Crippen molar-refractivity contribution in [1.29, 1.82) is 0 Å². The maximum absolute atomic E-state index is 12.5. The lowest BCUT2D eigenvalue weighted by atomic mass is 10.2. The molecule has 0 saturated heterocycles. The van der Waals surface area contributed by atoms with Gasteiger partial charge < -0.3 is 15.2 Å². The van der Waals surface area contributed by atoms with Gasteiger partial charge in [-0.25, -0.2) is 25.4 Å². The molecular formula is C34H36Cl2N8O8S2. The van der Waals surface area contributed by atoms with Gasteiger partial charge in [0.25, 0.3) is 5.69 Å². The number of hydrogen-bond donors (Lipinski definition) is 1. The maximum atomic E-state index is 12.5. The van der Waals surface area contributed by atoms with Crippen LogP contribution in [0, 0.1) is 10.1 Å². The molecule has 0 atom stereocenters. The van der Waals surface area contributed by atoms with Crippen molar-refractivity contribution in [3.05, 3.63) is 104 Å². The number of sulfonamides is 2. The van der Waals surface area contributed by atoms with E-state index in [9.17, 15) is 26.9 Å². The smallest absolute Gasteiger partial charge is 0.295 e. The number of nitro benzene ring substituents is 1. The first-order valence-electron chi connectivity index (χ1n) is 15.8. The zero-order valence-corrected chi connectivity index (χ0v) is 33.0. The van der Waals surface area contributed by atoms with Crippen molar-refractivity contribution >= 4 is 88.1 Å². The number of rotatable bonds is 11. The number of benzene rings is 4. The van der Waals surface area contributed by atoms with Gasteiger partial charge in [-0.3, -0.25) is 19.5 Å². The lowest BCUT2D eigenvalue weighted by molar-refractivity contribution is -0.383. The third kappa shape index (κ3) is 8.25. The van der Waals surface area contributed by atoms with E-state index in [1.165, 1.54) is 40.0 Å². The highest BCUT2D eigenvalue weighted by Crippen LogP contribution is 2.39. The van der Waals surface area contributed by atoms with Crippen LogP contribution in [0.4, 0.5) is 23.0 Å². The number of non-ortho nitro benzene ring substituents is 1. The highest BCUT2D eigenvalue weighted by Gasteiger charge is 2.29. The van der Waals surface area contributed by atoms with E-state index in [0.717, 1.165) is 22.4 Å². The predicted octanol–water partition coefficient (Wildman–Crippen LogP) is 5.89. The summed E-state index contributed by atoms with van der Waals surface area (Å²) in [6.07, 6.45) is 2.18. The van der Waals surface area contributed by atoms with Crippen LogP contribution in [0.3, 0.4) is 0 Å². The monoisotopic (exact) mass is 818 g/mol. The second-order valence-electron chi connectivity index (χ2n) is 12.0. The lowest BCUT2D eigenvalue weighted by Gasteiger charge is -2.20. The minimum absolute atomic E-state index is 0.0199. The van der Waals surface area contributed by atoms with Crippen LogP contribution in [0.25, 0.3) is 21.8 Å². The van der Waals surface area contributed by atoms with E-state index in [4.69, 9.17) is 38.4 Å². The summed E-state index contributed by atoms with van der Waals surface area (Å²) in [6, 6.07) is 20.0. The van der Waals surface area contributed by atoms with Crippen LogP contribution in [0.1, 0.15) is 11.1 Å². The summed E-state index contributed by atoms with van der Waals surface area (Å²) in [6.45, 7) is 0.0913. The third-order valence-corrected chi connectivity index (χ3v) is 11.1. The Kier molecular flexibility index (Phi) is 11.5. The molecule has 0 aliphatic rings. The predicted molar refractivity (Wildman–Crippen MR) is 211 cm³/mol. The van der Waals surface area contributed by atoms with Crippen molar-refractivity contribution in [3.8, 4) is 11.5 Å². The molecular weight excluding hydrogens is 783 g/mol. The Labute approximate surface area is 321 Å². The van der Waals surface area contributed by atoms with Gasteiger partial charge in [0, 0.05) is 20.2 Å². The maximum Gasteiger partial charge on any atom is 0.295 e. The van der Waals surface area contributed by atoms with Gasteiger partial charge >= 0.3 is 0 Å². The Balaban J connectivity index is 0.000000208. The van der Waals surface area contributed by atoms with Crippen molar-refractivity contribution in [2.75, 3.05) is 41.1 Å². The van der Waals surface area contributed by atoms with Crippen molar-refractivity contribution in [2.45, 2.75) is 13.1 Å². The number of aryl methyl sites for hydroxylation is 2. The van der Waals surface area contributed by atoms with Gasteiger partial charge in [-0.1, -0.05) is 47.5 Å². The first kappa shape index (κ1) is 39.9. The van der Waals surface area contributed by atoms with Crippen LogP contribution >= 0.6 is 23.2 Å². The number of nitrogens with two attached hydrogens (primary N) is 1. The minimum Gasteiger partial charge on any atom is -0.497 e. The molecule has 0 radical (unpaired) electrons. The third-order valence-electron chi connectivity index (χ3n) is 8.29. The molecule has 16 nitrogen and oxygen atoms in total. The Hall–Kier alpha value is -5.30. The minimum atomic E-state index is -3.76. The van der Waals surface area contributed by atoms with E-state index in [1.54, 1.807) is 74.8 Å². The molecule has 286 valence electrons. The second-order valence-corrected chi connectivity index (χ2v) is 16.7. The number of fused-ring (bicyclic) bond motifs is 2. The Morgan fingerprint density at radius 2 is 1.09 bits per heavy atom. The van der Waals surface area contributed by atoms with Crippen LogP contribution in [-0.2, 0) is 47.2 Å². The van der Waals surface area contributed by atoms with Crippen molar-refractivity contribution in [2.24, 2.45) is 14.1 Å². The molecule has 0 bridgehead atoms. The molecule has 4 aromatic carbocycles. The molecule has 0 amide bonds. The molecule has 2 N–H and O–H groups in total. The van der Waals surface area contributed by atoms with Gasteiger partial charge in [-0.05, 0) is 53.6 Å². The molecule has 2 heterocycles. The molecule has 0 aliphatic carbocycles. The number of methoxy groups -OCH3 is 2. The number of ether oxygens (including phenoxy) is 2. The fraction of sp³-hybridized carbons (Fsp3) is 0.235. The summed E-state index contributed by atoms with van der Waals surface area (Å²) in [5.41, 5.74) is 8.51. The van der Waals surface area contributed by atoms with E-state index < -0.39 is 25.0 Å². The summed E-state index contributed by atoms with van der Waals surface area (Å²) in [7, 11) is -1.06. The second kappa shape index (κ2) is 15.6. The number of nitrogens with zero attached hydrogens (tertiary/aromatic N) is 7. The average Bonchev–Trinajstić information content (AvgIpc) is 3.65.